The van der Waals surface area contributed by atoms with Gasteiger partial charge in [0.25, 0.3) is 5.91 Å². The van der Waals surface area contributed by atoms with E-state index in [2.05, 4.69) is 21.2 Å². The van der Waals surface area contributed by atoms with Gasteiger partial charge in [0, 0.05) is 10.5 Å². The molecule has 0 aliphatic rings. The van der Waals surface area contributed by atoms with E-state index in [-0.39, 0.29) is 0 Å². The maximum atomic E-state index is 13.2. The molecule has 1 N–H and O–H groups in total. The van der Waals surface area contributed by atoms with Gasteiger partial charge in [0.05, 0.1) is 25.5 Å². The van der Waals surface area contributed by atoms with Crippen molar-refractivity contribution in [2.75, 3.05) is 19.5 Å². The molecule has 1 amide bonds. The van der Waals surface area contributed by atoms with Crippen LogP contribution in [0.15, 0.2) is 40.9 Å². The van der Waals surface area contributed by atoms with Gasteiger partial charge in [-0.3, -0.25) is 4.79 Å². The maximum absolute atomic E-state index is 13.2. The third-order valence-electron chi connectivity index (χ3n) is 2.83. The SMILES string of the molecule is COc1ccc(C(=O)Nc2cc(F)ccc2Br)c(OC)c1. The summed E-state index contributed by atoms with van der Waals surface area (Å²) in [4.78, 5) is 12.3. The Morgan fingerprint density at radius 1 is 1.14 bits per heavy atom. The molecule has 0 aliphatic heterocycles. The summed E-state index contributed by atoms with van der Waals surface area (Å²) >= 11 is 3.26. The van der Waals surface area contributed by atoms with Crippen LogP contribution in [-0.4, -0.2) is 20.1 Å². The molecule has 0 unspecified atom stereocenters. The summed E-state index contributed by atoms with van der Waals surface area (Å²) in [6, 6.07) is 8.90. The smallest absolute Gasteiger partial charge is 0.259 e. The van der Waals surface area contributed by atoms with Crippen LogP contribution in [0.4, 0.5) is 10.1 Å². The van der Waals surface area contributed by atoms with Crippen molar-refractivity contribution in [2.45, 2.75) is 0 Å². The highest BCUT2D eigenvalue weighted by molar-refractivity contribution is 9.10. The van der Waals surface area contributed by atoms with Crippen LogP contribution >= 0.6 is 15.9 Å². The second-order valence-corrected chi connectivity index (χ2v) is 5.00. The lowest BCUT2D eigenvalue weighted by molar-refractivity contribution is 0.102. The lowest BCUT2D eigenvalue weighted by atomic mass is 10.1. The van der Waals surface area contributed by atoms with Gasteiger partial charge in [-0.25, -0.2) is 4.39 Å². The number of anilines is 1. The van der Waals surface area contributed by atoms with Crippen molar-refractivity contribution in [1.29, 1.82) is 0 Å². The Morgan fingerprint density at radius 3 is 2.57 bits per heavy atom. The zero-order chi connectivity index (χ0) is 15.4. The van der Waals surface area contributed by atoms with Crippen molar-refractivity contribution in [2.24, 2.45) is 0 Å². The summed E-state index contributed by atoms with van der Waals surface area (Å²) in [5.41, 5.74) is 0.673. The van der Waals surface area contributed by atoms with E-state index in [1.807, 2.05) is 0 Å². The number of ether oxygens (including phenoxy) is 2. The average Bonchev–Trinajstić information content (AvgIpc) is 2.50. The third-order valence-corrected chi connectivity index (χ3v) is 3.52. The fraction of sp³-hybridized carbons (Fsp3) is 0.133. The van der Waals surface area contributed by atoms with Crippen molar-refractivity contribution in [3.63, 3.8) is 0 Å². The highest BCUT2D eigenvalue weighted by Crippen LogP contribution is 2.27. The van der Waals surface area contributed by atoms with E-state index in [0.29, 0.717) is 27.2 Å². The van der Waals surface area contributed by atoms with Crippen LogP contribution in [0.25, 0.3) is 0 Å². The number of benzene rings is 2. The van der Waals surface area contributed by atoms with E-state index in [9.17, 15) is 9.18 Å². The lowest BCUT2D eigenvalue weighted by Crippen LogP contribution is -2.13. The van der Waals surface area contributed by atoms with Gasteiger partial charge in [-0.2, -0.15) is 0 Å². The molecule has 0 saturated carbocycles. The van der Waals surface area contributed by atoms with Crippen LogP contribution < -0.4 is 14.8 Å². The molecule has 0 aliphatic carbocycles. The molecule has 21 heavy (non-hydrogen) atoms. The Kier molecular flexibility index (Phi) is 4.80. The lowest BCUT2D eigenvalue weighted by Gasteiger charge is -2.11. The first-order chi connectivity index (χ1) is 10.0. The van der Waals surface area contributed by atoms with Crippen LogP contribution in [0.3, 0.4) is 0 Å². The first-order valence-electron chi connectivity index (χ1n) is 6.03. The molecule has 110 valence electrons. The van der Waals surface area contributed by atoms with Crippen molar-refractivity contribution in [1.82, 2.24) is 0 Å². The highest BCUT2D eigenvalue weighted by Gasteiger charge is 2.15. The molecule has 0 radical (unpaired) electrons. The average molecular weight is 354 g/mol. The van der Waals surface area contributed by atoms with Gasteiger partial charge in [-0.05, 0) is 46.3 Å². The number of amides is 1. The second kappa shape index (κ2) is 6.58. The summed E-state index contributed by atoms with van der Waals surface area (Å²) < 4.78 is 24.1. The molecule has 2 aromatic rings. The van der Waals surface area contributed by atoms with E-state index in [0.717, 1.165) is 0 Å². The summed E-state index contributed by atoms with van der Waals surface area (Å²) in [7, 11) is 2.99. The number of halogens is 2. The van der Waals surface area contributed by atoms with Gasteiger partial charge in [0.2, 0.25) is 0 Å². The van der Waals surface area contributed by atoms with E-state index in [1.54, 1.807) is 18.2 Å². The van der Waals surface area contributed by atoms with Crippen molar-refractivity contribution < 1.29 is 18.7 Å². The molecule has 0 bridgehead atoms. The summed E-state index contributed by atoms with van der Waals surface area (Å²) in [5.74, 6) is 0.116. The number of methoxy groups -OCH3 is 2. The predicted octanol–water partition coefficient (Wildman–Crippen LogP) is 3.86. The second-order valence-electron chi connectivity index (χ2n) is 4.14. The van der Waals surface area contributed by atoms with Crippen LogP contribution in [0, 0.1) is 5.82 Å². The standard InChI is InChI=1S/C15H13BrFNO3/c1-20-10-4-5-11(14(8-10)21-2)15(19)18-13-7-9(17)3-6-12(13)16/h3-8H,1-2H3,(H,18,19). The highest BCUT2D eigenvalue weighted by atomic mass is 79.9. The summed E-state index contributed by atoms with van der Waals surface area (Å²) in [6.45, 7) is 0. The molecule has 0 aromatic heterocycles. The molecule has 4 nitrogen and oxygen atoms in total. The molecule has 2 rings (SSSR count). The molecule has 2 aromatic carbocycles. The van der Waals surface area contributed by atoms with Gasteiger partial charge in [0.1, 0.15) is 17.3 Å². The molecule has 0 fully saturated rings. The van der Waals surface area contributed by atoms with Gasteiger partial charge < -0.3 is 14.8 Å². The number of nitrogens with one attached hydrogen (secondary N) is 1. The molecule has 0 atom stereocenters. The predicted molar refractivity (Wildman–Crippen MR) is 81.6 cm³/mol. The van der Waals surface area contributed by atoms with Crippen molar-refractivity contribution in [3.05, 3.63) is 52.3 Å². The van der Waals surface area contributed by atoms with Crippen LogP contribution in [0.2, 0.25) is 0 Å². The first kappa shape index (κ1) is 15.3. The van der Waals surface area contributed by atoms with Crippen molar-refractivity contribution >= 4 is 27.5 Å². The minimum Gasteiger partial charge on any atom is -0.497 e. The topological polar surface area (TPSA) is 47.6 Å². The molecule has 0 heterocycles. The van der Waals surface area contributed by atoms with Crippen LogP contribution in [-0.2, 0) is 0 Å². The van der Waals surface area contributed by atoms with E-state index < -0.39 is 11.7 Å². The summed E-state index contributed by atoms with van der Waals surface area (Å²) in [6.07, 6.45) is 0. The monoisotopic (exact) mass is 353 g/mol. The van der Waals surface area contributed by atoms with Gasteiger partial charge >= 0.3 is 0 Å². The fourth-order valence-corrected chi connectivity index (χ4v) is 2.11. The number of carbonyl (C=O) groups is 1. The zero-order valence-corrected chi connectivity index (χ0v) is 13.0. The number of hydrogen-bond acceptors (Lipinski definition) is 3. The first-order valence-corrected chi connectivity index (χ1v) is 6.83. The van der Waals surface area contributed by atoms with Gasteiger partial charge in [0.15, 0.2) is 0 Å². The maximum Gasteiger partial charge on any atom is 0.259 e. The fourth-order valence-electron chi connectivity index (χ4n) is 1.77. The molecular weight excluding hydrogens is 341 g/mol. The minimum absolute atomic E-state index is 0.328. The van der Waals surface area contributed by atoms with E-state index >= 15 is 0 Å². The Hall–Kier alpha value is -2.08. The third kappa shape index (κ3) is 3.52. The molecule has 0 spiro atoms. The number of hydrogen-bond donors (Lipinski definition) is 1. The largest absolute Gasteiger partial charge is 0.497 e. The van der Waals surface area contributed by atoms with E-state index in [4.69, 9.17) is 9.47 Å². The number of rotatable bonds is 4. The molecule has 0 saturated heterocycles. The Morgan fingerprint density at radius 2 is 1.90 bits per heavy atom. The Balaban J connectivity index is 2.30. The van der Waals surface area contributed by atoms with Crippen LogP contribution in [0.5, 0.6) is 11.5 Å². The van der Waals surface area contributed by atoms with Gasteiger partial charge in [-0.15, -0.1) is 0 Å². The van der Waals surface area contributed by atoms with Gasteiger partial charge in [-0.1, -0.05) is 0 Å². The normalized spacial score (nSPS) is 10.1. The Labute approximate surface area is 130 Å². The Bertz CT molecular complexity index is 676. The zero-order valence-electron chi connectivity index (χ0n) is 11.4. The quantitative estimate of drug-likeness (QED) is 0.907. The molecular formula is C15H13BrFNO3. The minimum atomic E-state index is -0.435. The van der Waals surface area contributed by atoms with Crippen molar-refractivity contribution in [3.8, 4) is 11.5 Å². The summed E-state index contributed by atoms with van der Waals surface area (Å²) in [5, 5.41) is 2.63. The van der Waals surface area contributed by atoms with E-state index in [1.165, 1.54) is 32.4 Å². The van der Waals surface area contributed by atoms with Crippen LogP contribution in [0.1, 0.15) is 10.4 Å². The molecule has 6 heteroatoms. The number of carbonyl (C=O) groups excluding carboxylic acids is 1.